The Bertz CT molecular complexity index is 829. The number of aliphatic hydroxyl groups is 1. The van der Waals surface area contributed by atoms with Gasteiger partial charge in [-0.15, -0.1) is 0 Å². The van der Waals surface area contributed by atoms with Gasteiger partial charge in [0, 0.05) is 35.6 Å². The van der Waals surface area contributed by atoms with Crippen molar-refractivity contribution in [3.05, 3.63) is 35.5 Å². The van der Waals surface area contributed by atoms with Gasteiger partial charge >= 0.3 is 5.97 Å². The molecule has 1 aliphatic carbocycles. The fourth-order valence-electron chi connectivity index (χ4n) is 5.75. The maximum Gasteiger partial charge on any atom is 0.306 e. The first kappa shape index (κ1) is 15.4. The highest BCUT2D eigenvalue weighted by Gasteiger charge is 2.51. The molecule has 5 heteroatoms. The molecule has 0 bridgehead atoms. The van der Waals surface area contributed by atoms with E-state index in [9.17, 15) is 15.0 Å². The van der Waals surface area contributed by atoms with Gasteiger partial charge in [-0.3, -0.25) is 9.69 Å². The number of benzene rings is 1. The molecule has 0 spiro atoms. The Morgan fingerprint density at radius 2 is 2.08 bits per heavy atom. The van der Waals surface area contributed by atoms with E-state index in [-0.39, 0.29) is 12.0 Å². The average molecular weight is 340 g/mol. The standard InChI is InChI=1S/C20H24N2O3/c23-19-16-11(4-3-6-14(16)20(24)25)10-22-9-8-13-12-5-1-2-7-15(12)21-17(13)18(19)22/h1-2,5,7,11,14,16,18-19,21,23H,3-4,6,8-10H2,(H,24,25)/t11-,14-,16+,18-,19+/m1/s1. The van der Waals surface area contributed by atoms with E-state index in [0.29, 0.717) is 12.3 Å². The van der Waals surface area contributed by atoms with Crippen LogP contribution in [0.5, 0.6) is 0 Å². The molecule has 5 nitrogen and oxygen atoms in total. The third-order valence-corrected chi connectivity index (χ3v) is 6.79. The van der Waals surface area contributed by atoms with Crippen LogP contribution in [0.4, 0.5) is 0 Å². The minimum absolute atomic E-state index is 0.0997. The Morgan fingerprint density at radius 1 is 1.24 bits per heavy atom. The van der Waals surface area contributed by atoms with Gasteiger partial charge in [0.15, 0.2) is 0 Å². The van der Waals surface area contributed by atoms with E-state index >= 15 is 0 Å². The smallest absolute Gasteiger partial charge is 0.306 e. The summed E-state index contributed by atoms with van der Waals surface area (Å²) < 4.78 is 0. The molecule has 0 radical (unpaired) electrons. The molecular weight excluding hydrogens is 316 g/mol. The molecule has 3 aliphatic rings. The van der Waals surface area contributed by atoms with Crippen molar-refractivity contribution in [2.24, 2.45) is 17.8 Å². The van der Waals surface area contributed by atoms with Crippen LogP contribution in [-0.2, 0) is 11.2 Å². The lowest BCUT2D eigenvalue weighted by Gasteiger charge is -2.52. The number of aromatic amines is 1. The maximum absolute atomic E-state index is 11.8. The number of hydrogen-bond donors (Lipinski definition) is 3. The zero-order chi connectivity index (χ0) is 17.1. The van der Waals surface area contributed by atoms with Crippen LogP contribution < -0.4 is 0 Å². The summed E-state index contributed by atoms with van der Waals surface area (Å²) in [6.07, 6.45) is 3.06. The number of aliphatic hydroxyl groups excluding tert-OH is 1. The fourth-order valence-corrected chi connectivity index (χ4v) is 5.75. The van der Waals surface area contributed by atoms with Gasteiger partial charge < -0.3 is 15.2 Å². The Balaban J connectivity index is 1.59. The summed E-state index contributed by atoms with van der Waals surface area (Å²) in [5, 5.41) is 22.2. The number of hydrogen-bond acceptors (Lipinski definition) is 3. The first-order valence-electron chi connectivity index (χ1n) is 9.39. The first-order valence-corrected chi connectivity index (χ1v) is 9.39. The lowest BCUT2D eigenvalue weighted by atomic mass is 9.64. The third kappa shape index (κ3) is 2.19. The summed E-state index contributed by atoms with van der Waals surface area (Å²) in [7, 11) is 0. The first-order chi connectivity index (χ1) is 12.1. The van der Waals surface area contributed by atoms with Crippen molar-refractivity contribution in [3.8, 4) is 0 Å². The SMILES string of the molecule is O=C(O)[C@@H]1CCC[C@@H]2CN3CCc4c([nH]c5ccccc45)[C@@H]3[C@@H](O)[C@@H]21. The van der Waals surface area contributed by atoms with Crippen LogP contribution in [0.15, 0.2) is 24.3 Å². The number of aromatic nitrogens is 1. The average Bonchev–Trinajstić information content (AvgIpc) is 2.99. The second-order valence-electron chi connectivity index (χ2n) is 7.96. The van der Waals surface area contributed by atoms with Crippen molar-refractivity contribution in [3.63, 3.8) is 0 Å². The Kier molecular flexibility index (Phi) is 3.44. The number of para-hydroxylation sites is 1. The van der Waals surface area contributed by atoms with Gasteiger partial charge in [0.1, 0.15) is 0 Å². The predicted molar refractivity (Wildman–Crippen MR) is 94.3 cm³/mol. The molecule has 0 unspecified atom stereocenters. The topological polar surface area (TPSA) is 76.6 Å². The summed E-state index contributed by atoms with van der Waals surface area (Å²) in [4.78, 5) is 17.7. The number of aliphatic carboxylic acids is 1. The summed E-state index contributed by atoms with van der Waals surface area (Å²) in [6.45, 7) is 1.85. The molecule has 1 aromatic heterocycles. The van der Waals surface area contributed by atoms with Crippen molar-refractivity contribution < 1.29 is 15.0 Å². The molecule has 1 saturated heterocycles. The van der Waals surface area contributed by atoms with Crippen LogP contribution in [0.2, 0.25) is 0 Å². The largest absolute Gasteiger partial charge is 0.481 e. The van der Waals surface area contributed by atoms with Crippen LogP contribution in [0.1, 0.15) is 36.6 Å². The van der Waals surface area contributed by atoms with E-state index in [1.165, 1.54) is 10.9 Å². The quantitative estimate of drug-likeness (QED) is 0.746. The Hall–Kier alpha value is -1.85. The van der Waals surface area contributed by atoms with Gasteiger partial charge in [-0.1, -0.05) is 24.6 Å². The van der Waals surface area contributed by atoms with Crippen molar-refractivity contribution in [2.45, 2.75) is 37.8 Å². The van der Waals surface area contributed by atoms with Gasteiger partial charge in [-0.25, -0.2) is 0 Å². The fraction of sp³-hybridized carbons (Fsp3) is 0.550. The monoisotopic (exact) mass is 340 g/mol. The van der Waals surface area contributed by atoms with E-state index in [0.717, 1.165) is 43.6 Å². The zero-order valence-electron chi connectivity index (χ0n) is 14.2. The molecule has 2 aliphatic heterocycles. The van der Waals surface area contributed by atoms with Crippen molar-refractivity contribution >= 4 is 16.9 Å². The molecule has 5 rings (SSSR count). The number of carbonyl (C=O) groups is 1. The number of nitrogens with zero attached hydrogens (tertiary/aromatic N) is 1. The molecule has 2 fully saturated rings. The lowest BCUT2D eigenvalue weighted by Crippen LogP contribution is -2.57. The van der Waals surface area contributed by atoms with Gasteiger partial charge in [0.25, 0.3) is 0 Å². The number of H-pyrrole nitrogens is 1. The van der Waals surface area contributed by atoms with Crippen LogP contribution >= 0.6 is 0 Å². The van der Waals surface area contributed by atoms with E-state index < -0.39 is 18.0 Å². The Morgan fingerprint density at radius 3 is 2.92 bits per heavy atom. The zero-order valence-corrected chi connectivity index (χ0v) is 14.2. The number of rotatable bonds is 1. The highest BCUT2D eigenvalue weighted by Crippen LogP contribution is 2.49. The van der Waals surface area contributed by atoms with Crippen LogP contribution in [0, 0.1) is 17.8 Å². The second-order valence-corrected chi connectivity index (χ2v) is 7.96. The lowest BCUT2D eigenvalue weighted by molar-refractivity contribution is -0.157. The number of piperidine rings is 1. The minimum Gasteiger partial charge on any atom is -0.481 e. The minimum atomic E-state index is -0.741. The molecule has 0 amide bonds. The molecule has 1 saturated carbocycles. The van der Waals surface area contributed by atoms with Gasteiger partial charge in [-0.05, 0) is 36.8 Å². The van der Waals surface area contributed by atoms with E-state index in [1.807, 2.05) is 6.07 Å². The van der Waals surface area contributed by atoms with Crippen LogP contribution in [-0.4, -0.2) is 45.3 Å². The molecule has 3 heterocycles. The van der Waals surface area contributed by atoms with Crippen molar-refractivity contribution in [1.29, 1.82) is 0 Å². The summed E-state index contributed by atoms with van der Waals surface area (Å²) in [5.41, 5.74) is 3.52. The molecule has 3 N–H and O–H groups in total. The normalized spacial score (nSPS) is 35.0. The number of carboxylic acid groups (broad SMARTS) is 1. The number of nitrogens with one attached hydrogen (secondary N) is 1. The predicted octanol–water partition coefficient (Wildman–Crippen LogP) is 2.56. The highest BCUT2D eigenvalue weighted by molar-refractivity contribution is 5.85. The van der Waals surface area contributed by atoms with Crippen molar-refractivity contribution in [2.75, 3.05) is 13.1 Å². The molecule has 5 atom stereocenters. The van der Waals surface area contributed by atoms with Crippen molar-refractivity contribution in [1.82, 2.24) is 9.88 Å². The summed E-state index contributed by atoms with van der Waals surface area (Å²) in [6, 6.07) is 8.20. The molecule has 1 aromatic carbocycles. The van der Waals surface area contributed by atoms with E-state index in [4.69, 9.17) is 0 Å². The number of carboxylic acids is 1. The maximum atomic E-state index is 11.8. The molecular formula is C20H24N2O3. The molecule has 132 valence electrons. The van der Waals surface area contributed by atoms with Gasteiger partial charge in [0.05, 0.1) is 18.1 Å². The summed E-state index contributed by atoms with van der Waals surface area (Å²) >= 11 is 0. The summed E-state index contributed by atoms with van der Waals surface area (Å²) in [5.74, 6) is -0.988. The van der Waals surface area contributed by atoms with Gasteiger partial charge in [0.2, 0.25) is 0 Å². The van der Waals surface area contributed by atoms with E-state index in [2.05, 4.69) is 28.1 Å². The molecule has 25 heavy (non-hydrogen) atoms. The molecule has 2 aromatic rings. The van der Waals surface area contributed by atoms with Crippen LogP contribution in [0.3, 0.4) is 0 Å². The number of fused-ring (bicyclic) bond motifs is 6. The van der Waals surface area contributed by atoms with Gasteiger partial charge in [-0.2, -0.15) is 0 Å². The van der Waals surface area contributed by atoms with Crippen LogP contribution in [0.25, 0.3) is 10.9 Å². The third-order valence-electron chi connectivity index (χ3n) is 6.79. The second kappa shape index (κ2) is 5.58. The highest BCUT2D eigenvalue weighted by atomic mass is 16.4. The Labute approximate surface area is 146 Å². The van der Waals surface area contributed by atoms with E-state index in [1.54, 1.807) is 0 Å².